The molecule has 94 valence electrons. The van der Waals surface area contributed by atoms with Crippen molar-refractivity contribution in [2.75, 3.05) is 23.8 Å². The highest BCUT2D eigenvalue weighted by molar-refractivity contribution is 5.98. The molecule has 0 atom stereocenters. The summed E-state index contributed by atoms with van der Waals surface area (Å²) in [5.41, 5.74) is 8.64. The minimum absolute atomic E-state index is 0.169. The summed E-state index contributed by atoms with van der Waals surface area (Å²) in [6.45, 7) is 0.835. The number of aliphatic hydroxyl groups excluding tert-OH is 1. The molecule has 1 saturated carbocycles. The fraction of sp³-hybridized carbons (Fsp3) is 0.357. The summed E-state index contributed by atoms with van der Waals surface area (Å²) >= 11 is 0. The van der Waals surface area contributed by atoms with E-state index in [-0.39, 0.29) is 6.61 Å². The van der Waals surface area contributed by atoms with Crippen LogP contribution in [0.5, 0.6) is 0 Å². The van der Waals surface area contributed by atoms with E-state index in [2.05, 4.69) is 9.88 Å². The van der Waals surface area contributed by atoms with Crippen LogP contribution < -0.4 is 10.6 Å². The lowest BCUT2D eigenvalue weighted by molar-refractivity contribution is 0.301. The topological polar surface area (TPSA) is 62.4 Å². The zero-order valence-electron chi connectivity index (χ0n) is 10.2. The number of hydrogen-bond donors (Lipinski definition) is 2. The molecule has 3 rings (SSSR count). The van der Waals surface area contributed by atoms with E-state index in [1.807, 2.05) is 24.3 Å². The van der Waals surface area contributed by atoms with Crippen molar-refractivity contribution in [3.8, 4) is 0 Å². The Kier molecular flexibility index (Phi) is 2.80. The molecule has 1 aliphatic rings. The first-order valence-electron chi connectivity index (χ1n) is 6.32. The molecule has 0 amide bonds. The van der Waals surface area contributed by atoms with Crippen LogP contribution in [0.2, 0.25) is 0 Å². The molecule has 0 aliphatic heterocycles. The minimum Gasteiger partial charge on any atom is -0.397 e. The number of nitrogens with zero attached hydrogens (tertiary/aromatic N) is 2. The monoisotopic (exact) mass is 243 g/mol. The lowest BCUT2D eigenvalue weighted by Crippen LogP contribution is -2.29. The lowest BCUT2D eigenvalue weighted by atomic mass is 10.1. The maximum Gasteiger partial charge on any atom is 0.0951 e. The molecule has 4 nitrogen and oxygen atoms in total. The predicted molar refractivity (Wildman–Crippen MR) is 73.6 cm³/mol. The standard InChI is InChI=1S/C14H17N3O/c15-12-5-6-13(11-2-1-7-16-14(11)12)17(8-9-18)10-3-4-10/h1-2,5-7,10,18H,3-4,8-9,15H2. The Labute approximate surface area is 106 Å². The first kappa shape index (κ1) is 11.3. The summed E-state index contributed by atoms with van der Waals surface area (Å²) in [7, 11) is 0. The molecule has 1 heterocycles. The summed E-state index contributed by atoms with van der Waals surface area (Å²) in [4.78, 5) is 6.62. The highest BCUT2D eigenvalue weighted by atomic mass is 16.3. The van der Waals surface area contributed by atoms with Crippen molar-refractivity contribution in [2.45, 2.75) is 18.9 Å². The second-order valence-electron chi connectivity index (χ2n) is 4.72. The van der Waals surface area contributed by atoms with Gasteiger partial charge in [-0.3, -0.25) is 4.98 Å². The second-order valence-corrected chi connectivity index (χ2v) is 4.72. The maximum atomic E-state index is 9.22. The lowest BCUT2D eigenvalue weighted by Gasteiger charge is -2.25. The molecule has 0 bridgehead atoms. The van der Waals surface area contributed by atoms with E-state index in [0.29, 0.717) is 18.3 Å². The Bertz CT molecular complexity index is 566. The average molecular weight is 243 g/mol. The Morgan fingerprint density at radius 2 is 2.17 bits per heavy atom. The van der Waals surface area contributed by atoms with Gasteiger partial charge < -0.3 is 15.7 Å². The van der Waals surface area contributed by atoms with Gasteiger partial charge in [0.25, 0.3) is 0 Å². The van der Waals surface area contributed by atoms with Gasteiger partial charge in [0, 0.05) is 29.9 Å². The number of nitrogens with two attached hydrogens (primary N) is 1. The van der Waals surface area contributed by atoms with Crippen LogP contribution in [0.4, 0.5) is 11.4 Å². The van der Waals surface area contributed by atoms with Gasteiger partial charge in [-0.15, -0.1) is 0 Å². The summed E-state index contributed by atoms with van der Waals surface area (Å²) < 4.78 is 0. The molecule has 0 radical (unpaired) electrons. The largest absolute Gasteiger partial charge is 0.397 e. The van der Waals surface area contributed by atoms with Crippen LogP contribution in [0, 0.1) is 0 Å². The van der Waals surface area contributed by atoms with Crippen LogP contribution in [-0.4, -0.2) is 29.3 Å². The van der Waals surface area contributed by atoms with Crippen molar-refractivity contribution in [2.24, 2.45) is 0 Å². The number of aromatic nitrogens is 1. The van der Waals surface area contributed by atoms with E-state index >= 15 is 0 Å². The summed E-state index contributed by atoms with van der Waals surface area (Å²) in [6.07, 6.45) is 4.16. The number of pyridine rings is 1. The first-order valence-corrected chi connectivity index (χ1v) is 6.32. The molecule has 4 heteroatoms. The summed E-state index contributed by atoms with van der Waals surface area (Å²) in [6, 6.07) is 8.46. The maximum absolute atomic E-state index is 9.22. The van der Waals surface area contributed by atoms with Crippen LogP contribution in [0.1, 0.15) is 12.8 Å². The number of fused-ring (bicyclic) bond motifs is 1. The van der Waals surface area contributed by atoms with Gasteiger partial charge in [0.05, 0.1) is 17.8 Å². The van der Waals surface area contributed by atoms with E-state index in [1.54, 1.807) is 6.20 Å². The fourth-order valence-electron chi connectivity index (χ4n) is 2.42. The zero-order chi connectivity index (χ0) is 12.5. The molecule has 0 saturated heterocycles. The van der Waals surface area contributed by atoms with E-state index in [0.717, 1.165) is 16.6 Å². The normalized spacial score (nSPS) is 14.9. The quantitative estimate of drug-likeness (QED) is 0.803. The molecule has 1 aromatic carbocycles. The Hall–Kier alpha value is -1.81. The van der Waals surface area contributed by atoms with Crippen LogP contribution in [0.15, 0.2) is 30.5 Å². The molecule has 0 unspecified atom stereocenters. The van der Waals surface area contributed by atoms with Crippen molar-refractivity contribution >= 4 is 22.3 Å². The van der Waals surface area contributed by atoms with Gasteiger partial charge in [-0.25, -0.2) is 0 Å². The summed E-state index contributed by atoms with van der Waals surface area (Å²) in [5.74, 6) is 0. The van der Waals surface area contributed by atoms with Crippen molar-refractivity contribution in [1.29, 1.82) is 0 Å². The Morgan fingerprint density at radius 1 is 1.33 bits per heavy atom. The fourth-order valence-corrected chi connectivity index (χ4v) is 2.42. The van der Waals surface area contributed by atoms with E-state index in [4.69, 9.17) is 5.73 Å². The average Bonchev–Trinajstić information content (AvgIpc) is 3.22. The first-order chi connectivity index (χ1) is 8.81. The van der Waals surface area contributed by atoms with Gasteiger partial charge in [-0.2, -0.15) is 0 Å². The van der Waals surface area contributed by atoms with E-state index in [9.17, 15) is 5.11 Å². The molecule has 3 N–H and O–H groups in total. The molecule has 2 aromatic rings. The zero-order valence-corrected chi connectivity index (χ0v) is 10.2. The van der Waals surface area contributed by atoms with E-state index in [1.165, 1.54) is 12.8 Å². The van der Waals surface area contributed by atoms with Gasteiger partial charge in [0.1, 0.15) is 0 Å². The van der Waals surface area contributed by atoms with Crippen LogP contribution in [0.25, 0.3) is 10.9 Å². The third-order valence-electron chi connectivity index (χ3n) is 3.42. The van der Waals surface area contributed by atoms with Gasteiger partial charge >= 0.3 is 0 Å². The molecule has 1 aromatic heterocycles. The van der Waals surface area contributed by atoms with Gasteiger partial charge in [0.15, 0.2) is 0 Å². The molecule has 0 spiro atoms. The number of hydrogen-bond acceptors (Lipinski definition) is 4. The van der Waals surface area contributed by atoms with Crippen molar-refractivity contribution in [3.05, 3.63) is 30.5 Å². The van der Waals surface area contributed by atoms with Crippen molar-refractivity contribution in [3.63, 3.8) is 0 Å². The van der Waals surface area contributed by atoms with Crippen LogP contribution in [0.3, 0.4) is 0 Å². The third kappa shape index (κ3) is 1.88. The smallest absolute Gasteiger partial charge is 0.0951 e. The Morgan fingerprint density at radius 3 is 2.89 bits per heavy atom. The van der Waals surface area contributed by atoms with Crippen LogP contribution in [-0.2, 0) is 0 Å². The van der Waals surface area contributed by atoms with Gasteiger partial charge in [-0.05, 0) is 37.1 Å². The number of aliphatic hydroxyl groups is 1. The number of nitrogen functional groups attached to an aromatic ring is 1. The molecule has 1 aliphatic carbocycles. The molecule has 1 fully saturated rings. The second kappa shape index (κ2) is 4.46. The Balaban J connectivity index is 2.12. The van der Waals surface area contributed by atoms with Gasteiger partial charge in [0.2, 0.25) is 0 Å². The van der Waals surface area contributed by atoms with Crippen molar-refractivity contribution in [1.82, 2.24) is 4.98 Å². The van der Waals surface area contributed by atoms with E-state index < -0.39 is 0 Å². The van der Waals surface area contributed by atoms with Gasteiger partial charge in [-0.1, -0.05) is 0 Å². The number of benzene rings is 1. The molecular formula is C14H17N3O. The number of anilines is 2. The SMILES string of the molecule is Nc1ccc(N(CCO)C2CC2)c2cccnc12. The third-order valence-corrected chi connectivity index (χ3v) is 3.42. The highest BCUT2D eigenvalue weighted by Crippen LogP contribution is 2.36. The molecule has 18 heavy (non-hydrogen) atoms. The minimum atomic E-state index is 0.169. The number of rotatable bonds is 4. The van der Waals surface area contributed by atoms with Crippen LogP contribution >= 0.6 is 0 Å². The predicted octanol–water partition coefficient (Wildman–Crippen LogP) is 1.78. The van der Waals surface area contributed by atoms with Crippen molar-refractivity contribution < 1.29 is 5.11 Å². The molecular weight excluding hydrogens is 226 g/mol. The highest BCUT2D eigenvalue weighted by Gasteiger charge is 2.29. The summed E-state index contributed by atoms with van der Waals surface area (Å²) in [5, 5.41) is 10.3.